The molecule has 0 radical (unpaired) electrons. The van der Waals surface area contributed by atoms with Crippen LogP contribution in [0.15, 0.2) is 12.1 Å². The maximum Gasteiger partial charge on any atom is 0.233 e. The fourth-order valence-corrected chi connectivity index (χ4v) is 1.10. The van der Waals surface area contributed by atoms with Crippen LogP contribution in [0.2, 0.25) is 0 Å². The van der Waals surface area contributed by atoms with E-state index in [-0.39, 0.29) is 11.6 Å². The molecule has 0 aliphatic carbocycles. The van der Waals surface area contributed by atoms with E-state index in [0.717, 1.165) is 12.2 Å². The highest BCUT2D eigenvalue weighted by molar-refractivity contribution is 5.11. The minimum Gasteiger partial charge on any atom is -0.474 e. The molecular weight excluding hydrogens is 202 g/mol. The van der Waals surface area contributed by atoms with Gasteiger partial charge in [-0.2, -0.15) is 5.10 Å². The van der Waals surface area contributed by atoms with Gasteiger partial charge in [0.25, 0.3) is 0 Å². The maximum absolute atomic E-state index is 5.42. The van der Waals surface area contributed by atoms with Crippen molar-refractivity contribution in [2.24, 2.45) is 0 Å². The first-order chi connectivity index (χ1) is 7.37. The van der Waals surface area contributed by atoms with Gasteiger partial charge in [-0.3, -0.25) is 0 Å². The number of nitrogens with zero attached hydrogens (tertiary/aromatic N) is 2. The lowest BCUT2D eigenvalue weighted by molar-refractivity contribution is 0.229. The van der Waals surface area contributed by atoms with Crippen LogP contribution in [0.1, 0.15) is 40.3 Å². The Labute approximate surface area is 97.4 Å². The molecule has 1 aromatic heterocycles. The van der Waals surface area contributed by atoms with Crippen LogP contribution in [-0.2, 0) is 6.54 Å². The average molecular weight is 223 g/mol. The van der Waals surface area contributed by atoms with Gasteiger partial charge in [0, 0.05) is 18.2 Å². The van der Waals surface area contributed by atoms with Gasteiger partial charge in [-0.1, -0.05) is 0 Å². The fourth-order valence-electron chi connectivity index (χ4n) is 1.10. The summed E-state index contributed by atoms with van der Waals surface area (Å²) >= 11 is 0. The largest absolute Gasteiger partial charge is 0.474 e. The Hall–Kier alpha value is -1.16. The minimum absolute atomic E-state index is 0.0920. The Bertz CT molecular complexity index is 314. The van der Waals surface area contributed by atoms with E-state index in [2.05, 4.69) is 36.3 Å². The second-order valence-corrected chi connectivity index (χ2v) is 5.13. The van der Waals surface area contributed by atoms with Gasteiger partial charge in [0.1, 0.15) is 0 Å². The Kier molecular flexibility index (Phi) is 4.24. The standard InChI is InChI=1S/C12H21N3O/c1-9(2)16-11-7-6-10(14-15-11)8-13-12(3,4)5/h6-7,9,13H,8H2,1-5H3. The predicted octanol–water partition coefficient (Wildman–Crippen LogP) is 2.15. The zero-order valence-electron chi connectivity index (χ0n) is 10.7. The van der Waals surface area contributed by atoms with Crippen molar-refractivity contribution in [2.45, 2.75) is 52.8 Å². The third kappa shape index (κ3) is 5.07. The normalized spacial score (nSPS) is 11.9. The van der Waals surface area contributed by atoms with E-state index in [9.17, 15) is 0 Å². The van der Waals surface area contributed by atoms with Gasteiger partial charge in [0.15, 0.2) is 0 Å². The molecule has 1 heterocycles. The minimum atomic E-state index is 0.0920. The van der Waals surface area contributed by atoms with E-state index < -0.39 is 0 Å². The van der Waals surface area contributed by atoms with E-state index >= 15 is 0 Å². The molecular formula is C12H21N3O. The first-order valence-electron chi connectivity index (χ1n) is 5.61. The van der Waals surface area contributed by atoms with E-state index in [1.54, 1.807) is 0 Å². The number of aromatic nitrogens is 2. The maximum atomic E-state index is 5.42. The Morgan fingerprint density at radius 2 is 1.94 bits per heavy atom. The van der Waals surface area contributed by atoms with Crippen LogP contribution in [0.25, 0.3) is 0 Å². The van der Waals surface area contributed by atoms with Gasteiger partial charge in [-0.05, 0) is 40.7 Å². The molecule has 1 rings (SSSR count). The van der Waals surface area contributed by atoms with Crippen molar-refractivity contribution in [1.29, 1.82) is 0 Å². The summed E-state index contributed by atoms with van der Waals surface area (Å²) in [6, 6.07) is 3.79. The lowest BCUT2D eigenvalue weighted by Crippen LogP contribution is -2.35. The van der Waals surface area contributed by atoms with Crippen LogP contribution >= 0.6 is 0 Å². The monoisotopic (exact) mass is 223 g/mol. The van der Waals surface area contributed by atoms with Gasteiger partial charge in [0.05, 0.1) is 11.8 Å². The van der Waals surface area contributed by atoms with Crippen LogP contribution in [-0.4, -0.2) is 21.8 Å². The smallest absolute Gasteiger partial charge is 0.233 e. The second-order valence-electron chi connectivity index (χ2n) is 5.13. The third-order valence-corrected chi connectivity index (χ3v) is 1.85. The highest BCUT2D eigenvalue weighted by Crippen LogP contribution is 2.08. The predicted molar refractivity (Wildman–Crippen MR) is 64.4 cm³/mol. The molecule has 0 aliphatic heterocycles. The molecule has 0 fully saturated rings. The molecule has 0 amide bonds. The highest BCUT2D eigenvalue weighted by atomic mass is 16.5. The van der Waals surface area contributed by atoms with Crippen molar-refractivity contribution in [3.8, 4) is 5.88 Å². The van der Waals surface area contributed by atoms with E-state index in [1.807, 2.05) is 26.0 Å². The van der Waals surface area contributed by atoms with Crippen LogP contribution in [0.3, 0.4) is 0 Å². The van der Waals surface area contributed by atoms with E-state index in [0.29, 0.717) is 5.88 Å². The first kappa shape index (κ1) is 12.9. The molecule has 0 unspecified atom stereocenters. The van der Waals surface area contributed by atoms with Crippen molar-refractivity contribution < 1.29 is 4.74 Å². The number of hydrogen-bond donors (Lipinski definition) is 1. The summed E-state index contributed by atoms with van der Waals surface area (Å²) in [6.45, 7) is 11.0. The number of ether oxygens (including phenoxy) is 1. The van der Waals surface area contributed by atoms with E-state index in [1.165, 1.54) is 0 Å². The summed E-state index contributed by atoms with van der Waals surface area (Å²) in [5.74, 6) is 0.578. The van der Waals surface area contributed by atoms with Gasteiger partial charge in [-0.25, -0.2) is 0 Å². The van der Waals surface area contributed by atoms with E-state index in [4.69, 9.17) is 4.74 Å². The molecule has 0 saturated heterocycles. The summed E-state index contributed by atoms with van der Waals surface area (Å²) in [6.07, 6.45) is 0.132. The highest BCUT2D eigenvalue weighted by Gasteiger charge is 2.09. The molecule has 0 saturated carbocycles. The fraction of sp³-hybridized carbons (Fsp3) is 0.667. The van der Waals surface area contributed by atoms with Gasteiger partial charge in [-0.15, -0.1) is 5.10 Å². The molecule has 0 spiro atoms. The Balaban J connectivity index is 2.51. The van der Waals surface area contributed by atoms with Crippen molar-refractivity contribution in [1.82, 2.24) is 15.5 Å². The van der Waals surface area contributed by atoms with Gasteiger partial charge >= 0.3 is 0 Å². The molecule has 0 bridgehead atoms. The van der Waals surface area contributed by atoms with Crippen molar-refractivity contribution in [2.75, 3.05) is 0 Å². The van der Waals surface area contributed by atoms with Crippen molar-refractivity contribution in [3.63, 3.8) is 0 Å². The van der Waals surface area contributed by atoms with Gasteiger partial charge in [0.2, 0.25) is 5.88 Å². The molecule has 90 valence electrons. The number of hydrogen-bond acceptors (Lipinski definition) is 4. The number of rotatable bonds is 4. The lowest BCUT2D eigenvalue weighted by Gasteiger charge is -2.19. The summed E-state index contributed by atoms with van der Waals surface area (Å²) in [7, 11) is 0. The van der Waals surface area contributed by atoms with Crippen LogP contribution in [0.5, 0.6) is 5.88 Å². The molecule has 4 nitrogen and oxygen atoms in total. The molecule has 1 aromatic rings. The molecule has 0 aliphatic rings. The zero-order chi connectivity index (χ0) is 12.2. The van der Waals surface area contributed by atoms with Gasteiger partial charge < -0.3 is 10.1 Å². The van der Waals surface area contributed by atoms with Crippen molar-refractivity contribution >= 4 is 0 Å². The summed E-state index contributed by atoms with van der Waals surface area (Å²) < 4.78 is 5.42. The third-order valence-electron chi connectivity index (χ3n) is 1.85. The average Bonchev–Trinajstić information content (AvgIpc) is 2.14. The lowest BCUT2D eigenvalue weighted by atomic mass is 10.1. The Morgan fingerprint density at radius 1 is 1.25 bits per heavy atom. The summed E-state index contributed by atoms with van der Waals surface area (Å²) in [4.78, 5) is 0. The van der Waals surface area contributed by atoms with Crippen LogP contribution in [0.4, 0.5) is 0 Å². The van der Waals surface area contributed by atoms with Crippen molar-refractivity contribution in [3.05, 3.63) is 17.8 Å². The Morgan fingerprint density at radius 3 is 2.38 bits per heavy atom. The quantitative estimate of drug-likeness (QED) is 0.849. The second kappa shape index (κ2) is 5.25. The van der Waals surface area contributed by atoms with Crippen LogP contribution in [0, 0.1) is 0 Å². The summed E-state index contributed by atoms with van der Waals surface area (Å²) in [5.41, 5.74) is 1.01. The molecule has 0 aromatic carbocycles. The molecule has 16 heavy (non-hydrogen) atoms. The number of nitrogens with one attached hydrogen (secondary N) is 1. The zero-order valence-corrected chi connectivity index (χ0v) is 10.7. The summed E-state index contributed by atoms with van der Waals surface area (Å²) in [5, 5.41) is 11.5. The van der Waals surface area contributed by atoms with Crippen LogP contribution < -0.4 is 10.1 Å². The SMILES string of the molecule is CC(C)Oc1ccc(CNC(C)(C)C)nn1. The molecule has 1 N–H and O–H groups in total. The molecule has 0 atom stereocenters. The molecule has 4 heteroatoms. The topological polar surface area (TPSA) is 47.0 Å². The first-order valence-corrected chi connectivity index (χ1v) is 5.61.